The lowest BCUT2D eigenvalue weighted by Crippen LogP contribution is -2.17. The van der Waals surface area contributed by atoms with E-state index in [4.69, 9.17) is 4.74 Å². The average Bonchev–Trinajstić information content (AvgIpc) is 3.01. The molecule has 2 aromatic heterocycles. The van der Waals surface area contributed by atoms with E-state index in [1.807, 2.05) is 36.6 Å². The van der Waals surface area contributed by atoms with Crippen molar-refractivity contribution in [3.8, 4) is 11.3 Å². The molecule has 1 aromatic carbocycles. The van der Waals surface area contributed by atoms with Gasteiger partial charge in [0, 0.05) is 19.2 Å². The predicted molar refractivity (Wildman–Crippen MR) is 109 cm³/mol. The molecule has 0 bridgehead atoms. The number of fused-ring (bicyclic) bond motifs is 1. The van der Waals surface area contributed by atoms with E-state index in [1.165, 1.54) is 12.1 Å². The third-order valence-corrected chi connectivity index (χ3v) is 5.06. The second-order valence-electron chi connectivity index (χ2n) is 7.23. The Hall–Kier alpha value is -2.27. The fraction of sp³-hybridized carbons (Fsp3) is 0.435. The summed E-state index contributed by atoms with van der Waals surface area (Å²) in [6.45, 7) is 8.64. The van der Waals surface area contributed by atoms with Crippen molar-refractivity contribution in [2.24, 2.45) is 0 Å². The first kappa shape index (κ1) is 20.5. The molecule has 3 aromatic rings. The number of rotatable bonds is 8. The Bertz CT molecular complexity index is 942. The highest BCUT2D eigenvalue weighted by molar-refractivity contribution is 5.68. The van der Waals surface area contributed by atoms with Gasteiger partial charge in [-0.15, -0.1) is 0 Å². The Labute approximate surface area is 165 Å². The molecular weight excluding hydrogens is 358 g/mol. The number of imidazole rings is 1. The molecule has 150 valence electrons. The van der Waals surface area contributed by atoms with Gasteiger partial charge >= 0.3 is 0 Å². The molecule has 0 radical (unpaired) electrons. The van der Waals surface area contributed by atoms with Gasteiger partial charge in [-0.2, -0.15) is 0 Å². The summed E-state index contributed by atoms with van der Waals surface area (Å²) in [7, 11) is 0. The Morgan fingerprint density at radius 2 is 1.82 bits per heavy atom. The van der Waals surface area contributed by atoms with Crippen LogP contribution in [-0.4, -0.2) is 22.1 Å². The smallest absolute Gasteiger partial charge is 0.137 e. The van der Waals surface area contributed by atoms with Crippen LogP contribution in [0, 0.1) is 18.6 Å². The van der Waals surface area contributed by atoms with Crippen LogP contribution in [0.5, 0.6) is 0 Å². The number of aromatic nitrogens is 2. The van der Waals surface area contributed by atoms with Gasteiger partial charge in [-0.25, -0.2) is 13.8 Å². The first-order valence-corrected chi connectivity index (χ1v) is 10.1. The lowest BCUT2D eigenvalue weighted by molar-refractivity contribution is 0.0508. The molecule has 0 aliphatic carbocycles. The fourth-order valence-corrected chi connectivity index (χ4v) is 3.47. The second kappa shape index (κ2) is 8.82. The molecular formula is C23H28F2N2O. The quantitative estimate of drug-likeness (QED) is 0.482. The summed E-state index contributed by atoms with van der Waals surface area (Å²) in [5.41, 5.74) is 3.46. The van der Waals surface area contributed by atoms with Gasteiger partial charge in [0.05, 0.1) is 23.1 Å². The minimum absolute atomic E-state index is 0.0269. The fourth-order valence-electron chi connectivity index (χ4n) is 3.47. The summed E-state index contributed by atoms with van der Waals surface area (Å²) in [6.07, 6.45) is 4.76. The van der Waals surface area contributed by atoms with Crippen LogP contribution in [0.2, 0.25) is 0 Å². The molecule has 0 aliphatic rings. The van der Waals surface area contributed by atoms with Gasteiger partial charge < -0.3 is 9.14 Å². The maximum absolute atomic E-state index is 14.9. The summed E-state index contributed by atoms with van der Waals surface area (Å²) in [5.74, 6) is -1.14. The third-order valence-electron chi connectivity index (χ3n) is 5.06. The van der Waals surface area contributed by atoms with Crippen molar-refractivity contribution in [1.29, 1.82) is 0 Å². The molecule has 1 atom stereocenters. The van der Waals surface area contributed by atoms with E-state index in [2.05, 4.69) is 18.8 Å². The molecule has 0 amide bonds. The molecule has 28 heavy (non-hydrogen) atoms. The minimum Gasteiger partial charge on any atom is -0.378 e. The van der Waals surface area contributed by atoms with Gasteiger partial charge in [0.1, 0.15) is 17.3 Å². The predicted octanol–water partition coefficient (Wildman–Crippen LogP) is 5.90. The highest BCUT2D eigenvalue weighted by Crippen LogP contribution is 2.32. The normalized spacial score (nSPS) is 12.6. The van der Waals surface area contributed by atoms with Crippen LogP contribution < -0.4 is 0 Å². The van der Waals surface area contributed by atoms with Crippen molar-refractivity contribution in [2.45, 2.75) is 59.5 Å². The lowest BCUT2D eigenvalue weighted by Gasteiger charge is -2.17. The van der Waals surface area contributed by atoms with Gasteiger partial charge in [0.15, 0.2) is 0 Å². The molecule has 0 spiro atoms. The summed E-state index contributed by atoms with van der Waals surface area (Å²) in [4.78, 5) is 4.62. The van der Waals surface area contributed by atoms with Crippen LogP contribution in [0.1, 0.15) is 50.4 Å². The van der Waals surface area contributed by atoms with Crippen molar-refractivity contribution in [3.63, 3.8) is 0 Å². The van der Waals surface area contributed by atoms with E-state index in [-0.39, 0.29) is 11.7 Å². The Balaban J connectivity index is 2.17. The molecule has 2 heterocycles. The van der Waals surface area contributed by atoms with Gasteiger partial charge in [-0.3, -0.25) is 0 Å². The zero-order chi connectivity index (χ0) is 20.3. The summed E-state index contributed by atoms with van der Waals surface area (Å²) in [6, 6.07) is 6.71. The Morgan fingerprint density at radius 3 is 2.43 bits per heavy atom. The Kier molecular flexibility index (Phi) is 6.45. The maximum atomic E-state index is 14.9. The molecule has 0 aliphatic heterocycles. The molecule has 3 rings (SSSR count). The van der Waals surface area contributed by atoms with Crippen molar-refractivity contribution < 1.29 is 13.5 Å². The molecule has 5 heteroatoms. The standard InChI is InChI=1S/C23H28F2N2O/c1-5-10-28-17(7-3)14-20-23(26-21-11-15(4)8-9-27(20)21)22-18(24)12-16(6-2)13-19(22)25/h8-9,11-13,17H,5-7,10,14H2,1-4H3. The van der Waals surface area contributed by atoms with Crippen LogP contribution in [0.4, 0.5) is 8.78 Å². The third kappa shape index (κ3) is 4.09. The monoisotopic (exact) mass is 386 g/mol. The number of nitrogens with zero attached hydrogens (tertiary/aromatic N) is 2. The van der Waals surface area contributed by atoms with E-state index >= 15 is 0 Å². The van der Waals surface area contributed by atoms with E-state index in [0.29, 0.717) is 36.4 Å². The van der Waals surface area contributed by atoms with Crippen LogP contribution in [-0.2, 0) is 17.6 Å². The van der Waals surface area contributed by atoms with Crippen LogP contribution >= 0.6 is 0 Å². The number of pyridine rings is 1. The molecule has 0 saturated carbocycles. The van der Waals surface area contributed by atoms with Gasteiger partial charge in [0.25, 0.3) is 0 Å². The van der Waals surface area contributed by atoms with Crippen LogP contribution in [0.25, 0.3) is 16.9 Å². The number of aryl methyl sites for hydroxylation is 2. The lowest BCUT2D eigenvalue weighted by atomic mass is 10.0. The molecule has 0 N–H and O–H groups in total. The topological polar surface area (TPSA) is 26.5 Å². The van der Waals surface area contributed by atoms with E-state index < -0.39 is 11.6 Å². The zero-order valence-electron chi connectivity index (χ0n) is 17.1. The molecule has 0 fully saturated rings. The van der Waals surface area contributed by atoms with Crippen molar-refractivity contribution in [1.82, 2.24) is 9.38 Å². The SMILES string of the molecule is CCCOC(CC)Cc1c(-c2c(F)cc(CC)cc2F)nc2cc(C)ccn12. The van der Waals surface area contributed by atoms with Crippen LogP contribution in [0.15, 0.2) is 30.5 Å². The van der Waals surface area contributed by atoms with Crippen molar-refractivity contribution in [3.05, 3.63) is 58.9 Å². The van der Waals surface area contributed by atoms with Crippen molar-refractivity contribution >= 4 is 5.65 Å². The van der Waals surface area contributed by atoms with Gasteiger partial charge in [0.2, 0.25) is 0 Å². The maximum Gasteiger partial charge on any atom is 0.137 e. The largest absolute Gasteiger partial charge is 0.378 e. The number of hydrogen-bond donors (Lipinski definition) is 0. The van der Waals surface area contributed by atoms with Crippen molar-refractivity contribution in [2.75, 3.05) is 6.61 Å². The Morgan fingerprint density at radius 1 is 1.11 bits per heavy atom. The molecule has 3 nitrogen and oxygen atoms in total. The number of hydrogen-bond acceptors (Lipinski definition) is 2. The zero-order valence-corrected chi connectivity index (χ0v) is 17.1. The summed E-state index contributed by atoms with van der Waals surface area (Å²) >= 11 is 0. The van der Waals surface area contributed by atoms with E-state index in [1.54, 1.807) is 0 Å². The van der Waals surface area contributed by atoms with E-state index in [9.17, 15) is 8.78 Å². The first-order chi connectivity index (χ1) is 13.5. The van der Waals surface area contributed by atoms with Gasteiger partial charge in [-0.1, -0.05) is 20.8 Å². The van der Waals surface area contributed by atoms with Gasteiger partial charge in [-0.05, 0) is 61.6 Å². The highest BCUT2D eigenvalue weighted by atomic mass is 19.1. The average molecular weight is 386 g/mol. The minimum atomic E-state index is -0.569. The first-order valence-electron chi connectivity index (χ1n) is 10.1. The van der Waals surface area contributed by atoms with E-state index in [0.717, 1.165) is 24.1 Å². The summed E-state index contributed by atoms with van der Waals surface area (Å²) in [5, 5.41) is 0. The van der Waals surface area contributed by atoms with Crippen LogP contribution in [0.3, 0.4) is 0 Å². The second-order valence-corrected chi connectivity index (χ2v) is 7.23. The number of halogens is 2. The number of ether oxygens (including phenoxy) is 1. The molecule has 1 unspecified atom stereocenters. The number of benzene rings is 1. The highest BCUT2D eigenvalue weighted by Gasteiger charge is 2.23. The summed E-state index contributed by atoms with van der Waals surface area (Å²) < 4.78 is 37.6. The molecule has 0 saturated heterocycles.